The SMILES string of the molecule is CCCCCC1CCCCC1(O)CCCCC. The van der Waals surface area contributed by atoms with Crippen molar-refractivity contribution >= 4 is 0 Å². The van der Waals surface area contributed by atoms with Crippen molar-refractivity contribution in [2.45, 2.75) is 96.5 Å². The molecule has 0 aromatic heterocycles. The highest BCUT2D eigenvalue weighted by Gasteiger charge is 2.37. The van der Waals surface area contributed by atoms with Gasteiger partial charge in [0.15, 0.2) is 0 Å². The predicted octanol–water partition coefficient (Wildman–Crippen LogP) is 5.07. The molecule has 0 heterocycles. The zero-order valence-corrected chi connectivity index (χ0v) is 12.0. The summed E-state index contributed by atoms with van der Waals surface area (Å²) in [6.07, 6.45) is 14.9. The lowest BCUT2D eigenvalue weighted by Gasteiger charge is -2.40. The molecule has 1 aliphatic rings. The lowest BCUT2D eigenvalue weighted by Crippen LogP contribution is -2.40. The van der Waals surface area contributed by atoms with E-state index in [9.17, 15) is 5.11 Å². The van der Waals surface area contributed by atoms with Gasteiger partial charge in [0.2, 0.25) is 0 Å². The molecule has 0 aliphatic heterocycles. The molecule has 1 rings (SSSR count). The van der Waals surface area contributed by atoms with Gasteiger partial charge in [-0.05, 0) is 31.6 Å². The van der Waals surface area contributed by atoms with Gasteiger partial charge < -0.3 is 5.11 Å². The maximum absolute atomic E-state index is 10.9. The Morgan fingerprint density at radius 3 is 2.41 bits per heavy atom. The lowest BCUT2D eigenvalue weighted by atomic mass is 9.70. The van der Waals surface area contributed by atoms with Crippen LogP contribution in [0.25, 0.3) is 0 Å². The molecule has 1 saturated carbocycles. The molecule has 1 N–H and O–H groups in total. The highest BCUT2D eigenvalue weighted by Crippen LogP contribution is 2.40. The van der Waals surface area contributed by atoms with E-state index in [1.807, 2.05) is 0 Å². The Bertz CT molecular complexity index is 190. The van der Waals surface area contributed by atoms with Crippen LogP contribution in [-0.4, -0.2) is 10.7 Å². The zero-order valence-electron chi connectivity index (χ0n) is 12.0. The van der Waals surface area contributed by atoms with Crippen LogP contribution in [0.2, 0.25) is 0 Å². The van der Waals surface area contributed by atoms with Crippen molar-refractivity contribution in [1.82, 2.24) is 0 Å². The molecule has 17 heavy (non-hydrogen) atoms. The second-order valence-electron chi connectivity index (χ2n) is 6.00. The number of hydrogen-bond acceptors (Lipinski definition) is 1. The van der Waals surface area contributed by atoms with Gasteiger partial charge in [0.05, 0.1) is 5.60 Å². The van der Waals surface area contributed by atoms with Gasteiger partial charge in [0.25, 0.3) is 0 Å². The fourth-order valence-electron chi connectivity index (χ4n) is 3.36. The molecular weight excluding hydrogens is 208 g/mol. The highest BCUT2D eigenvalue weighted by molar-refractivity contribution is 4.89. The van der Waals surface area contributed by atoms with Crippen LogP contribution < -0.4 is 0 Å². The van der Waals surface area contributed by atoms with E-state index in [1.165, 1.54) is 64.2 Å². The Balaban J connectivity index is 2.39. The Hall–Kier alpha value is -0.0400. The third kappa shape index (κ3) is 4.99. The Morgan fingerprint density at radius 1 is 1.00 bits per heavy atom. The lowest BCUT2D eigenvalue weighted by molar-refractivity contribution is -0.0602. The summed E-state index contributed by atoms with van der Waals surface area (Å²) in [5.74, 6) is 0.597. The second kappa shape index (κ2) is 8.13. The van der Waals surface area contributed by atoms with Crippen LogP contribution >= 0.6 is 0 Å². The van der Waals surface area contributed by atoms with Gasteiger partial charge in [-0.1, -0.05) is 65.2 Å². The van der Waals surface area contributed by atoms with E-state index in [1.54, 1.807) is 0 Å². The maximum atomic E-state index is 10.9. The van der Waals surface area contributed by atoms with E-state index in [0.717, 1.165) is 12.8 Å². The van der Waals surface area contributed by atoms with E-state index >= 15 is 0 Å². The second-order valence-corrected chi connectivity index (χ2v) is 6.00. The molecule has 2 unspecified atom stereocenters. The number of unbranched alkanes of at least 4 members (excludes halogenated alkanes) is 4. The van der Waals surface area contributed by atoms with Crippen LogP contribution in [-0.2, 0) is 0 Å². The van der Waals surface area contributed by atoms with E-state index in [0.29, 0.717) is 5.92 Å². The molecule has 0 bridgehead atoms. The summed E-state index contributed by atoms with van der Waals surface area (Å²) >= 11 is 0. The van der Waals surface area contributed by atoms with Gasteiger partial charge in [0, 0.05) is 0 Å². The first kappa shape index (κ1) is 15.0. The summed E-state index contributed by atoms with van der Waals surface area (Å²) in [6, 6.07) is 0. The van der Waals surface area contributed by atoms with Crippen LogP contribution in [0.4, 0.5) is 0 Å². The van der Waals surface area contributed by atoms with Gasteiger partial charge in [-0.2, -0.15) is 0 Å². The van der Waals surface area contributed by atoms with E-state index < -0.39 is 0 Å². The highest BCUT2D eigenvalue weighted by atomic mass is 16.3. The standard InChI is InChI=1S/C16H32O/c1-3-5-7-11-15-12-8-10-14-16(15,17)13-9-6-4-2/h15,17H,3-14H2,1-2H3. The van der Waals surface area contributed by atoms with E-state index in [4.69, 9.17) is 0 Å². The maximum Gasteiger partial charge on any atom is 0.0675 e. The minimum Gasteiger partial charge on any atom is -0.390 e. The minimum absolute atomic E-state index is 0.304. The third-order valence-corrected chi connectivity index (χ3v) is 4.54. The van der Waals surface area contributed by atoms with E-state index in [2.05, 4.69) is 13.8 Å². The normalized spacial score (nSPS) is 29.5. The first-order chi connectivity index (χ1) is 8.23. The van der Waals surface area contributed by atoms with Crippen molar-refractivity contribution < 1.29 is 5.11 Å². The third-order valence-electron chi connectivity index (χ3n) is 4.54. The molecule has 0 saturated heterocycles. The van der Waals surface area contributed by atoms with Crippen molar-refractivity contribution in [1.29, 1.82) is 0 Å². The molecule has 0 aromatic rings. The van der Waals surface area contributed by atoms with Crippen molar-refractivity contribution in [3.05, 3.63) is 0 Å². The Morgan fingerprint density at radius 2 is 1.71 bits per heavy atom. The summed E-state index contributed by atoms with van der Waals surface area (Å²) in [5, 5.41) is 10.9. The van der Waals surface area contributed by atoms with Gasteiger partial charge >= 0.3 is 0 Å². The topological polar surface area (TPSA) is 20.2 Å². The molecule has 0 amide bonds. The van der Waals surface area contributed by atoms with Crippen molar-refractivity contribution in [2.75, 3.05) is 0 Å². The molecule has 1 aliphatic carbocycles. The number of hydrogen-bond donors (Lipinski definition) is 1. The zero-order chi connectivity index (χ0) is 12.6. The van der Waals surface area contributed by atoms with Gasteiger partial charge in [-0.3, -0.25) is 0 Å². The van der Waals surface area contributed by atoms with Crippen LogP contribution in [0.1, 0.15) is 90.9 Å². The molecular formula is C16H32O. The average molecular weight is 240 g/mol. The van der Waals surface area contributed by atoms with Crippen LogP contribution in [0.15, 0.2) is 0 Å². The first-order valence-corrected chi connectivity index (χ1v) is 7.95. The average Bonchev–Trinajstić information content (AvgIpc) is 2.32. The summed E-state index contributed by atoms with van der Waals surface area (Å²) in [6.45, 7) is 4.50. The first-order valence-electron chi connectivity index (χ1n) is 7.95. The van der Waals surface area contributed by atoms with E-state index in [-0.39, 0.29) is 5.60 Å². The molecule has 0 radical (unpaired) electrons. The number of aliphatic hydroxyl groups is 1. The summed E-state index contributed by atoms with van der Waals surface area (Å²) in [5.41, 5.74) is -0.304. The minimum atomic E-state index is -0.304. The van der Waals surface area contributed by atoms with Crippen LogP contribution in [0.5, 0.6) is 0 Å². The number of rotatable bonds is 8. The molecule has 1 nitrogen and oxygen atoms in total. The van der Waals surface area contributed by atoms with Crippen LogP contribution in [0.3, 0.4) is 0 Å². The fourth-order valence-corrected chi connectivity index (χ4v) is 3.36. The smallest absolute Gasteiger partial charge is 0.0675 e. The van der Waals surface area contributed by atoms with Gasteiger partial charge in [-0.25, -0.2) is 0 Å². The predicted molar refractivity (Wildman–Crippen MR) is 75.2 cm³/mol. The quantitative estimate of drug-likeness (QED) is 0.587. The Labute approximate surface area is 108 Å². The largest absolute Gasteiger partial charge is 0.390 e. The fraction of sp³-hybridized carbons (Fsp3) is 1.00. The van der Waals surface area contributed by atoms with Gasteiger partial charge in [-0.15, -0.1) is 0 Å². The molecule has 102 valence electrons. The summed E-state index contributed by atoms with van der Waals surface area (Å²) in [7, 11) is 0. The van der Waals surface area contributed by atoms with Crippen LogP contribution in [0, 0.1) is 5.92 Å². The molecule has 0 aromatic carbocycles. The Kier molecular flexibility index (Phi) is 7.18. The molecule has 2 atom stereocenters. The molecule has 1 heteroatoms. The van der Waals surface area contributed by atoms with Crippen molar-refractivity contribution in [3.63, 3.8) is 0 Å². The molecule has 1 fully saturated rings. The van der Waals surface area contributed by atoms with Gasteiger partial charge in [0.1, 0.15) is 0 Å². The molecule has 0 spiro atoms. The van der Waals surface area contributed by atoms with Crippen molar-refractivity contribution in [2.24, 2.45) is 5.92 Å². The monoisotopic (exact) mass is 240 g/mol. The summed E-state index contributed by atoms with van der Waals surface area (Å²) < 4.78 is 0. The van der Waals surface area contributed by atoms with Crippen molar-refractivity contribution in [3.8, 4) is 0 Å². The summed E-state index contributed by atoms with van der Waals surface area (Å²) in [4.78, 5) is 0.